The minimum atomic E-state index is -0.141. The van der Waals surface area contributed by atoms with Gasteiger partial charge in [0.25, 0.3) is 0 Å². The number of ether oxygens (including phenoxy) is 1. The monoisotopic (exact) mass is 389 g/mol. The molecule has 1 fully saturated rings. The number of carbonyl (C=O) groups is 1. The molecule has 1 N–H and O–H groups in total. The van der Waals surface area contributed by atoms with Crippen LogP contribution in [0.15, 0.2) is 34.9 Å². The summed E-state index contributed by atoms with van der Waals surface area (Å²) in [6.45, 7) is 10.1. The Hall–Kier alpha value is -1.76. The van der Waals surface area contributed by atoms with Gasteiger partial charge in [-0.05, 0) is 37.5 Å². The lowest BCUT2D eigenvalue weighted by atomic mass is 10.1. The molecular formula is C21H31N3O2S. The van der Waals surface area contributed by atoms with Crippen molar-refractivity contribution in [2.45, 2.75) is 39.7 Å². The van der Waals surface area contributed by atoms with Crippen LogP contribution in [-0.4, -0.2) is 54.7 Å². The first-order chi connectivity index (χ1) is 13.1. The molecule has 1 saturated heterocycles. The molecule has 5 nitrogen and oxygen atoms in total. The first-order valence-electron chi connectivity index (χ1n) is 9.71. The topological polar surface area (TPSA) is 54.5 Å². The fraction of sp³-hybridized carbons (Fsp3) is 0.524. The van der Waals surface area contributed by atoms with Crippen molar-refractivity contribution in [3.63, 3.8) is 0 Å². The zero-order valence-electron chi connectivity index (χ0n) is 16.5. The number of fused-ring (bicyclic) bond motifs is 1. The quantitative estimate of drug-likeness (QED) is 0.812. The van der Waals surface area contributed by atoms with E-state index in [1.807, 2.05) is 10.4 Å². The van der Waals surface area contributed by atoms with E-state index < -0.39 is 0 Å². The molecule has 1 aromatic carbocycles. The molecule has 0 radical (unpaired) electrons. The van der Waals surface area contributed by atoms with Crippen molar-refractivity contribution in [1.82, 2.24) is 15.2 Å². The Kier molecular flexibility index (Phi) is 6.99. The number of nitrogens with one attached hydrogen (secondary N) is 1. The number of aromatic nitrogens is 1. The third-order valence-corrected chi connectivity index (χ3v) is 5.93. The van der Waals surface area contributed by atoms with E-state index in [0.717, 1.165) is 38.0 Å². The van der Waals surface area contributed by atoms with Crippen LogP contribution < -0.4 is 5.32 Å². The van der Waals surface area contributed by atoms with Crippen LogP contribution in [0.3, 0.4) is 0 Å². The molecule has 27 heavy (non-hydrogen) atoms. The van der Waals surface area contributed by atoms with Crippen LogP contribution in [0.4, 0.5) is 0 Å². The van der Waals surface area contributed by atoms with E-state index in [1.54, 1.807) is 11.3 Å². The van der Waals surface area contributed by atoms with Crippen molar-refractivity contribution in [2.24, 2.45) is 0 Å². The highest BCUT2D eigenvalue weighted by molar-refractivity contribution is 7.16. The Morgan fingerprint density at radius 2 is 2.07 bits per heavy atom. The number of benzene rings is 1. The fourth-order valence-electron chi connectivity index (χ4n) is 3.53. The molecule has 3 heterocycles. The molecule has 0 bridgehead atoms. The molecule has 148 valence electrons. The van der Waals surface area contributed by atoms with Gasteiger partial charge in [0.2, 0.25) is 5.91 Å². The van der Waals surface area contributed by atoms with Gasteiger partial charge in [-0.3, -0.25) is 4.79 Å². The predicted molar refractivity (Wildman–Crippen MR) is 113 cm³/mol. The lowest BCUT2D eigenvalue weighted by Gasteiger charge is -2.27. The van der Waals surface area contributed by atoms with Gasteiger partial charge in [0.15, 0.2) is 0 Å². The number of rotatable bonds is 3. The molecule has 0 aliphatic carbocycles. The van der Waals surface area contributed by atoms with Crippen LogP contribution in [0.5, 0.6) is 0 Å². The molecule has 2 aliphatic heterocycles. The van der Waals surface area contributed by atoms with Crippen LogP contribution in [0.1, 0.15) is 33.7 Å². The Bertz CT molecular complexity index is 799. The summed E-state index contributed by atoms with van der Waals surface area (Å²) in [6.07, 6.45) is 2.11. The first kappa shape index (κ1) is 20.0. The van der Waals surface area contributed by atoms with E-state index in [2.05, 4.69) is 49.3 Å². The lowest BCUT2D eigenvalue weighted by Crippen LogP contribution is -2.52. The summed E-state index contributed by atoms with van der Waals surface area (Å²) in [5.41, 5.74) is 7.17. The van der Waals surface area contributed by atoms with Crippen LogP contribution in [0.25, 0.3) is 10.2 Å². The molecule has 1 atom stereocenters. The van der Waals surface area contributed by atoms with Crippen molar-refractivity contribution in [3.8, 4) is 0 Å². The molecule has 2 aliphatic rings. The maximum absolute atomic E-state index is 12.3. The summed E-state index contributed by atoms with van der Waals surface area (Å²) in [4.78, 5) is 18.4. The number of aryl methyl sites for hydroxylation is 1. The van der Waals surface area contributed by atoms with Crippen LogP contribution in [0.2, 0.25) is 0 Å². The van der Waals surface area contributed by atoms with Gasteiger partial charge in [-0.2, -0.15) is 0 Å². The molecule has 6 heteroatoms. The number of carbonyl (C=O) groups excluding carboxylic acids is 1. The minimum absolute atomic E-state index is 0. The van der Waals surface area contributed by atoms with Gasteiger partial charge in [-0.25, -0.2) is 4.98 Å². The fourth-order valence-corrected chi connectivity index (χ4v) is 4.30. The number of morpholine rings is 1. The Morgan fingerprint density at radius 1 is 1.33 bits per heavy atom. The summed E-state index contributed by atoms with van der Waals surface area (Å²) in [5.74, 6) is 0.194. The minimum Gasteiger partial charge on any atom is -0.378 e. The van der Waals surface area contributed by atoms with Gasteiger partial charge in [0.05, 0.1) is 28.9 Å². The Labute approximate surface area is 166 Å². The Morgan fingerprint density at radius 3 is 2.70 bits per heavy atom. The molecule has 1 aromatic heterocycles. The molecule has 1 amide bonds. The summed E-state index contributed by atoms with van der Waals surface area (Å²) in [7, 11) is 0. The third-order valence-electron chi connectivity index (χ3n) is 5.14. The second-order valence-electron chi connectivity index (χ2n) is 7.01. The van der Waals surface area contributed by atoms with Crippen LogP contribution in [-0.2, 0) is 9.53 Å². The van der Waals surface area contributed by atoms with E-state index in [1.165, 1.54) is 21.4 Å². The zero-order chi connectivity index (χ0) is 19.2. The van der Waals surface area contributed by atoms with Gasteiger partial charge in [0, 0.05) is 21.1 Å². The third kappa shape index (κ3) is 4.94. The van der Waals surface area contributed by atoms with E-state index in [-0.39, 0.29) is 13.4 Å². The van der Waals surface area contributed by atoms with E-state index in [9.17, 15) is 4.79 Å². The highest BCUT2D eigenvalue weighted by Crippen LogP contribution is 2.23. The highest BCUT2D eigenvalue weighted by Gasteiger charge is 2.30. The Balaban J connectivity index is 0.000000217. The van der Waals surface area contributed by atoms with Gasteiger partial charge in [-0.15, -0.1) is 11.3 Å². The average Bonchev–Trinajstić information content (AvgIpc) is 3.34. The van der Waals surface area contributed by atoms with Crippen LogP contribution in [0, 0.1) is 6.92 Å². The standard InChI is InChI=1S/C13H22N2O2.C8H7NS.H2/c1-3-10-7-15(8-11(10)4-2)13(16)12-9-17-6-5-14-12;1-6-2-3-7-8(4-6)10-5-9-7;/h12,14H,3-9H2,1-2H3;2-5H,1H3;1H. The lowest BCUT2D eigenvalue weighted by molar-refractivity contribution is -0.135. The number of hydrogen-bond donors (Lipinski definition) is 1. The normalized spacial score (nSPS) is 20.0. The van der Waals surface area contributed by atoms with Crippen LogP contribution >= 0.6 is 11.3 Å². The number of nitrogens with zero attached hydrogens (tertiary/aromatic N) is 2. The molecule has 0 saturated carbocycles. The maximum atomic E-state index is 12.3. The average molecular weight is 390 g/mol. The molecular weight excluding hydrogens is 358 g/mol. The number of amides is 1. The second kappa shape index (κ2) is 9.44. The maximum Gasteiger partial charge on any atom is 0.242 e. The van der Waals surface area contributed by atoms with Crippen molar-refractivity contribution >= 4 is 27.5 Å². The summed E-state index contributed by atoms with van der Waals surface area (Å²) < 4.78 is 6.62. The first-order valence-corrected chi connectivity index (χ1v) is 10.6. The molecule has 1 unspecified atom stereocenters. The van der Waals surface area contributed by atoms with Crippen molar-refractivity contribution in [1.29, 1.82) is 0 Å². The molecule has 2 aromatic rings. The van der Waals surface area contributed by atoms with Crippen molar-refractivity contribution < 1.29 is 11.0 Å². The van der Waals surface area contributed by atoms with Gasteiger partial charge < -0.3 is 15.0 Å². The van der Waals surface area contributed by atoms with E-state index in [0.29, 0.717) is 13.2 Å². The number of hydrogen-bond acceptors (Lipinski definition) is 5. The van der Waals surface area contributed by atoms with E-state index >= 15 is 0 Å². The SMILES string of the molecule is CCC1=C(CC)CN(C(=O)C2COCCN2)C1.Cc1ccc2ncsc2c1.[HH]. The van der Waals surface area contributed by atoms with Gasteiger partial charge >= 0.3 is 0 Å². The largest absolute Gasteiger partial charge is 0.378 e. The van der Waals surface area contributed by atoms with Crippen molar-refractivity contribution in [3.05, 3.63) is 40.4 Å². The smallest absolute Gasteiger partial charge is 0.242 e. The van der Waals surface area contributed by atoms with Gasteiger partial charge in [-0.1, -0.05) is 31.1 Å². The van der Waals surface area contributed by atoms with Gasteiger partial charge in [0.1, 0.15) is 6.04 Å². The summed E-state index contributed by atoms with van der Waals surface area (Å²) >= 11 is 1.69. The molecule has 0 spiro atoms. The van der Waals surface area contributed by atoms with E-state index in [4.69, 9.17) is 4.74 Å². The highest BCUT2D eigenvalue weighted by atomic mass is 32.1. The predicted octanol–water partition coefficient (Wildman–Crippen LogP) is 3.78. The molecule has 4 rings (SSSR count). The number of thiazole rings is 1. The summed E-state index contributed by atoms with van der Waals surface area (Å²) in [6, 6.07) is 6.16. The summed E-state index contributed by atoms with van der Waals surface area (Å²) in [5, 5.41) is 3.23. The van der Waals surface area contributed by atoms with Crippen molar-refractivity contribution in [2.75, 3.05) is 32.8 Å². The second-order valence-corrected chi connectivity index (χ2v) is 7.90. The zero-order valence-corrected chi connectivity index (χ0v) is 17.3.